The smallest absolute Gasteiger partial charge is 0.227 e. The van der Waals surface area contributed by atoms with Crippen LogP contribution in [0.5, 0.6) is 0 Å². The molecular weight excluding hydrogens is 326 g/mol. The van der Waals surface area contributed by atoms with Gasteiger partial charge in [0.15, 0.2) is 5.82 Å². The summed E-state index contributed by atoms with van der Waals surface area (Å²) in [4.78, 5) is 19.6. The van der Waals surface area contributed by atoms with Crippen molar-refractivity contribution in [1.82, 2.24) is 15.0 Å². The molecule has 0 radical (unpaired) electrons. The number of carbonyl (C=O) groups excluding carboxylic acids is 1. The molecule has 2 aromatic rings. The van der Waals surface area contributed by atoms with E-state index in [1.807, 2.05) is 13.8 Å². The Morgan fingerprint density at radius 3 is 2.81 bits per heavy atom. The van der Waals surface area contributed by atoms with Crippen molar-refractivity contribution < 1.29 is 9.32 Å². The summed E-state index contributed by atoms with van der Waals surface area (Å²) < 4.78 is 5.30. The first kappa shape index (κ1) is 17.3. The molecule has 1 aromatic carbocycles. The number of nitrogens with zero attached hydrogens (tertiary/aromatic N) is 3. The average molecular weight is 353 g/mol. The van der Waals surface area contributed by atoms with Gasteiger partial charge < -0.3 is 9.42 Å². The molecule has 1 aromatic heterocycles. The van der Waals surface area contributed by atoms with Crippen LogP contribution >= 0.6 is 0 Å². The second-order valence-corrected chi connectivity index (χ2v) is 7.84. The highest BCUT2D eigenvalue weighted by molar-refractivity contribution is 5.77. The van der Waals surface area contributed by atoms with Crippen molar-refractivity contribution in [2.45, 2.75) is 76.8 Å². The van der Waals surface area contributed by atoms with Crippen molar-refractivity contribution in [3.05, 3.63) is 47.1 Å². The first-order valence-corrected chi connectivity index (χ1v) is 9.85. The van der Waals surface area contributed by atoms with E-state index in [2.05, 4.69) is 39.3 Å². The number of amides is 1. The summed E-state index contributed by atoms with van der Waals surface area (Å²) in [5.74, 6) is 1.75. The summed E-state index contributed by atoms with van der Waals surface area (Å²) in [5.41, 5.74) is 2.75. The van der Waals surface area contributed by atoms with E-state index >= 15 is 0 Å². The van der Waals surface area contributed by atoms with E-state index in [1.54, 1.807) is 0 Å². The molecule has 5 nitrogen and oxygen atoms in total. The van der Waals surface area contributed by atoms with E-state index in [9.17, 15) is 4.79 Å². The van der Waals surface area contributed by atoms with Gasteiger partial charge in [-0.3, -0.25) is 4.79 Å². The van der Waals surface area contributed by atoms with E-state index in [4.69, 9.17) is 4.52 Å². The van der Waals surface area contributed by atoms with E-state index < -0.39 is 0 Å². The average Bonchev–Trinajstić information content (AvgIpc) is 3.36. The number of carbonyl (C=O) groups is 1. The minimum atomic E-state index is 0.221. The number of fused-ring (bicyclic) bond motifs is 1. The molecule has 4 rings (SSSR count). The quantitative estimate of drug-likeness (QED) is 0.781. The molecule has 0 bridgehead atoms. The molecule has 1 fully saturated rings. The lowest BCUT2D eigenvalue weighted by Crippen LogP contribution is -2.38. The van der Waals surface area contributed by atoms with Crippen LogP contribution < -0.4 is 0 Å². The Balaban J connectivity index is 1.47. The Morgan fingerprint density at radius 2 is 2.08 bits per heavy atom. The summed E-state index contributed by atoms with van der Waals surface area (Å²) in [6, 6.07) is 9.25. The summed E-state index contributed by atoms with van der Waals surface area (Å²) in [6.45, 7) is 4.07. The van der Waals surface area contributed by atoms with Gasteiger partial charge >= 0.3 is 0 Å². The lowest BCUT2D eigenvalue weighted by molar-refractivity contribution is -0.134. The summed E-state index contributed by atoms with van der Waals surface area (Å²) in [6.07, 6.45) is 6.56. The monoisotopic (exact) mass is 353 g/mol. The highest BCUT2D eigenvalue weighted by Crippen LogP contribution is 2.41. The van der Waals surface area contributed by atoms with Crippen LogP contribution in [0, 0.1) is 0 Å². The number of aryl methyl sites for hydroxylation is 2. The van der Waals surface area contributed by atoms with Crippen molar-refractivity contribution in [2.24, 2.45) is 0 Å². The maximum Gasteiger partial charge on any atom is 0.227 e. The van der Waals surface area contributed by atoms with Crippen molar-refractivity contribution in [3.63, 3.8) is 0 Å². The van der Waals surface area contributed by atoms with Gasteiger partial charge in [-0.15, -0.1) is 0 Å². The predicted octanol–water partition coefficient (Wildman–Crippen LogP) is 4.19. The molecule has 1 unspecified atom stereocenters. The van der Waals surface area contributed by atoms with Gasteiger partial charge in [0.05, 0.1) is 6.04 Å². The van der Waals surface area contributed by atoms with Gasteiger partial charge in [0.1, 0.15) is 0 Å². The molecule has 0 N–H and O–H groups in total. The van der Waals surface area contributed by atoms with Gasteiger partial charge in [-0.25, -0.2) is 0 Å². The molecule has 1 amide bonds. The molecule has 0 spiro atoms. The Hall–Kier alpha value is -2.17. The predicted molar refractivity (Wildman–Crippen MR) is 98.7 cm³/mol. The van der Waals surface area contributed by atoms with Crippen LogP contribution in [0.3, 0.4) is 0 Å². The van der Waals surface area contributed by atoms with Crippen LogP contribution in [0.25, 0.3) is 0 Å². The van der Waals surface area contributed by atoms with Gasteiger partial charge in [-0.2, -0.15) is 4.98 Å². The molecule has 138 valence electrons. The molecule has 2 aliphatic rings. The topological polar surface area (TPSA) is 59.2 Å². The van der Waals surface area contributed by atoms with Gasteiger partial charge in [0.2, 0.25) is 11.8 Å². The molecular formula is C21H27N3O2. The van der Waals surface area contributed by atoms with E-state index in [-0.39, 0.29) is 17.9 Å². The van der Waals surface area contributed by atoms with Crippen molar-refractivity contribution in [2.75, 3.05) is 0 Å². The largest absolute Gasteiger partial charge is 0.339 e. The maximum absolute atomic E-state index is 13.1. The maximum atomic E-state index is 13.1. The summed E-state index contributed by atoms with van der Waals surface area (Å²) in [7, 11) is 0. The van der Waals surface area contributed by atoms with Crippen molar-refractivity contribution in [3.8, 4) is 0 Å². The fourth-order valence-corrected chi connectivity index (χ4v) is 3.95. The number of rotatable bonds is 6. The molecule has 2 aliphatic carbocycles. The number of aromatic nitrogens is 2. The molecule has 1 heterocycles. The third-order valence-corrected chi connectivity index (χ3v) is 5.45. The zero-order chi connectivity index (χ0) is 18.1. The van der Waals surface area contributed by atoms with Crippen LogP contribution in [0.15, 0.2) is 28.8 Å². The highest BCUT2D eigenvalue weighted by Gasteiger charge is 2.39. The SMILES string of the molecule is CC(C)c1noc(CCC(=O)N(C2CC2)C2CCCc3ccccc32)n1. The van der Waals surface area contributed by atoms with Crippen LogP contribution in [0.2, 0.25) is 0 Å². The van der Waals surface area contributed by atoms with E-state index in [0.717, 1.165) is 32.1 Å². The Kier molecular flexibility index (Phi) is 4.79. The first-order valence-electron chi connectivity index (χ1n) is 9.85. The van der Waals surface area contributed by atoms with Crippen LogP contribution in [-0.2, 0) is 17.6 Å². The normalized spacial score (nSPS) is 19.4. The molecule has 26 heavy (non-hydrogen) atoms. The van der Waals surface area contributed by atoms with Gasteiger partial charge in [0, 0.05) is 24.8 Å². The number of hydrogen-bond acceptors (Lipinski definition) is 4. The van der Waals surface area contributed by atoms with Crippen LogP contribution in [0.4, 0.5) is 0 Å². The number of hydrogen-bond donors (Lipinski definition) is 0. The first-order chi connectivity index (χ1) is 12.6. The summed E-state index contributed by atoms with van der Waals surface area (Å²) in [5, 5.41) is 3.99. The van der Waals surface area contributed by atoms with Crippen molar-refractivity contribution >= 4 is 5.91 Å². The van der Waals surface area contributed by atoms with Crippen LogP contribution in [0.1, 0.15) is 80.8 Å². The second kappa shape index (κ2) is 7.22. The van der Waals surface area contributed by atoms with Gasteiger partial charge in [0.25, 0.3) is 0 Å². The summed E-state index contributed by atoms with van der Waals surface area (Å²) >= 11 is 0. The van der Waals surface area contributed by atoms with Gasteiger partial charge in [-0.05, 0) is 43.2 Å². The van der Waals surface area contributed by atoms with E-state index in [1.165, 1.54) is 11.1 Å². The minimum Gasteiger partial charge on any atom is -0.339 e. The third-order valence-electron chi connectivity index (χ3n) is 5.45. The third kappa shape index (κ3) is 3.53. The molecule has 0 saturated heterocycles. The Morgan fingerprint density at radius 1 is 1.27 bits per heavy atom. The van der Waals surface area contributed by atoms with Crippen LogP contribution in [-0.4, -0.2) is 27.0 Å². The molecule has 0 aliphatic heterocycles. The second-order valence-electron chi connectivity index (χ2n) is 7.84. The fourth-order valence-electron chi connectivity index (χ4n) is 3.95. The minimum absolute atomic E-state index is 0.221. The molecule has 1 atom stereocenters. The Bertz CT molecular complexity index is 779. The molecule has 5 heteroatoms. The molecule has 1 saturated carbocycles. The zero-order valence-corrected chi connectivity index (χ0v) is 15.6. The Labute approximate surface area is 154 Å². The fraction of sp³-hybridized carbons (Fsp3) is 0.571. The highest BCUT2D eigenvalue weighted by atomic mass is 16.5. The lowest BCUT2D eigenvalue weighted by Gasteiger charge is -2.36. The standard InChI is InChI=1S/C21H27N3O2/c1-14(2)21-22-19(26-23-21)12-13-20(25)24(16-10-11-16)18-9-5-7-15-6-3-4-8-17(15)18/h3-4,6,8,14,16,18H,5,7,9-13H2,1-2H3. The number of benzene rings is 1. The van der Waals surface area contributed by atoms with Gasteiger partial charge in [-0.1, -0.05) is 43.3 Å². The zero-order valence-electron chi connectivity index (χ0n) is 15.6. The van der Waals surface area contributed by atoms with E-state index in [0.29, 0.717) is 30.6 Å². The lowest BCUT2D eigenvalue weighted by atomic mass is 9.86. The van der Waals surface area contributed by atoms with Crippen molar-refractivity contribution in [1.29, 1.82) is 0 Å².